The smallest absolute Gasteiger partial charge is 0.305 e. The second-order valence-electron chi connectivity index (χ2n) is 5.22. The van der Waals surface area contributed by atoms with Crippen LogP contribution in [0, 0.1) is 21.4 Å². The highest BCUT2D eigenvalue weighted by molar-refractivity contribution is 5.53. The lowest BCUT2D eigenvalue weighted by molar-refractivity contribution is -0.385. The van der Waals surface area contributed by atoms with E-state index in [0.717, 1.165) is 26.2 Å². The van der Waals surface area contributed by atoms with Crippen molar-refractivity contribution in [2.75, 3.05) is 36.0 Å². The summed E-state index contributed by atoms with van der Waals surface area (Å²) < 4.78 is 0. The summed E-state index contributed by atoms with van der Waals surface area (Å²) >= 11 is 0. The first kappa shape index (κ1) is 14.8. The molecule has 0 amide bonds. The molecule has 0 aliphatic carbocycles. The molecule has 0 spiro atoms. The van der Waals surface area contributed by atoms with Crippen LogP contribution >= 0.6 is 0 Å². The molecule has 7 heteroatoms. The first-order chi connectivity index (χ1) is 11.2. The van der Waals surface area contributed by atoms with Gasteiger partial charge in [0.25, 0.3) is 0 Å². The van der Waals surface area contributed by atoms with Gasteiger partial charge in [0.05, 0.1) is 4.92 Å². The number of nitriles is 1. The van der Waals surface area contributed by atoms with E-state index in [-0.39, 0.29) is 11.4 Å². The first-order valence-electron chi connectivity index (χ1n) is 7.29. The van der Waals surface area contributed by atoms with Crippen LogP contribution in [0.3, 0.4) is 0 Å². The SMILES string of the molecule is N#Cc1nc(N2CCN(c3ccccc3)CC2)ccc1[N+](=O)[O-]. The summed E-state index contributed by atoms with van der Waals surface area (Å²) in [6.07, 6.45) is 0. The van der Waals surface area contributed by atoms with E-state index in [9.17, 15) is 10.1 Å². The normalized spacial score (nSPS) is 14.4. The highest BCUT2D eigenvalue weighted by Gasteiger charge is 2.21. The summed E-state index contributed by atoms with van der Waals surface area (Å²) in [5.74, 6) is 0.611. The van der Waals surface area contributed by atoms with Crippen molar-refractivity contribution in [3.05, 3.63) is 58.3 Å². The van der Waals surface area contributed by atoms with E-state index in [1.54, 1.807) is 12.1 Å². The second-order valence-corrected chi connectivity index (χ2v) is 5.22. The number of hydrogen-bond acceptors (Lipinski definition) is 6. The number of pyridine rings is 1. The Morgan fingerprint density at radius 1 is 1.04 bits per heavy atom. The zero-order valence-electron chi connectivity index (χ0n) is 12.4. The molecule has 1 aromatic carbocycles. The van der Waals surface area contributed by atoms with Crippen molar-refractivity contribution < 1.29 is 4.92 Å². The van der Waals surface area contributed by atoms with Crippen LogP contribution in [-0.2, 0) is 0 Å². The van der Waals surface area contributed by atoms with E-state index in [0.29, 0.717) is 5.82 Å². The Labute approximate surface area is 133 Å². The summed E-state index contributed by atoms with van der Waals surface area (Å²) in [5, 5.41) is 19.9. The zero-order chi connectivity index (χ0) is 16.2. The van der Waals surface area contributed by atoms with E-state index in [1.165, 1.54) is 11.8 Å². The topological polar surface area (TPSA) is 86.3 Å². The molecule has 23 heavy (non-hydrogen) atoms. The van der Waals surface area contributed by atoms with Gasteiger partial charge in [0.1, 0.15) is 11.9 Å². The lowest BCUT2D eigenvalue weighted by Crippen LogP contribution is -2.46. The number of anilines is 2. The fourth-order valence-electron chi connectivity index (χ4n) is 2.68. The number of rotatable bonds is 3. The second kappa shape index (κ2) is 6.32. The highest BCUT2D eigenvalue weighted by atomic mass is 16.6. The van der Waals surface area contributed by atoms with Crippen molar-refractivity contribution in [2.45, 2.75) is 0 Å². The Morgan fingerprint density at radius 2 is 1.70 bits per heavy atom. The number of aromatic nitrogens is 1. The molecule has 0 saturated carbocycles. The van der Waals surface area contributed by atoms with Crippen LogP contribution in [0.4, 0.5) is 17.2 Å². The van der Waals surface area contributed by atoms with E-state index >= 15 is 0 Å². The molecule has 1 fully saturated rings. The molecule has 116 valence electrons. The van der Waals surface area contributed by atoms with Gasteiger partial charge in [-0.25, -0.2) is 4.98 Å². The van der Waals surface area contributed by atoms with Crippen LogP contribution in [0.15, 0.2) is 42.5 Å². The van der Waals surface area contributed by atoms with Gasteiger partial charge in [-0.1, -0.05) is 18.2 Å². The molecular formula is C16H15N5O2. The number of hydrogen-bond donors (Lipinski definition) is 0. The average molecular weight is 309 g/mol. The van der Waals surface area contributed by atoms with Crippen LogP contribution in [-0.4, -0.2) is 36.1 Å². The summed E-state index contributed by atoms with van der Waals surface area (Å²) in [4.78, 5) is 18.8. The van der Waals surface area contributed by atoms with Gasteiger partial charge in [0, 0.05) is 37.9 Å². The molecule has 7 nitrogen and oxygen atoms in total. The zero-order valence-corrected chi connectivity index (χ0v) is 12.4. The lowest BCUT2D eigenvalue weighted by Gasteiger charge is -2.36. The molecule has 1 saturated heterocycles. The van der Waals surface area contributed by atoms with Crippen LogP contribution < -0.4 is 9.80 Å². The van der Waals surface area contributed by atoms with Gasteiger partial charge in [-0.15, -0.1) is 0 Å². The molecule has 3 rings (SSSR count). The quantitative estimate of drug-likeness (QED) is 0.638. The van der Waals surface area contributed by atoms with Crippen molar-refractivity contribution in [2.24, 2.45) is 0 Å². The van der Waals surface area contributed by atoms with Crippen LogP contribution in [0.1, 0.15) is 5.69 Å². The summed E-state index contributed by atoms with van der Waals surface area (Å²) in [5.41, 5.74) is 0.790. The van der Waals surface area contributed by atoms with Gasteiger partial charge in [-0.05, 0) is 18.2 Å². The maximum Gasteiger partial charge on any atom is 0.305 e. The molecule has 2 heterocycles. The Hall–Kier alpha value is -3.14. The predicted octanol–water partition coefficient (Wildman–Crippen LogP) is 2.19. The minimum atomic E-state index is -0.581. The molecule has 0 unspecified atom stereocenters. The Balaban J connectivity index is 1.73. The largest absolute Gasteiger partial charge is 0.368 e. The van der Waals surface area contributed by atoms with E-state index < -0.39 is 4.92 Å². The minimum Gasteiger partial charge on any atom is -0.368 e. The summed E-state index contributed by atoms with van der Waals surface area (Å²) in [6, 6.07) is 14.9. The van der Waals surface area contributed by atoms with Gasteiger partial charge < -0.3 is 9.80 Å². The van der Waals surface area contributed by atoms with E-state index in [4.69, 9.17) is 5.26 Å². The van der Waals surface area contributed by atoms with Gasteiger partial charge >= 0.3 is 5.69 Å². The molecule has 0 bridgehead atoms. The monoisotopic (exact) mass is 309 g/mol. The van der Waals surface area contributed by atoms with E-state index in [2.05, 4.69) is 22.0 Å². The van der Waals surface area contributed by atoms with Gasteiger partial charge in [0.2, 0.25) is 5.69 Å². The Bertz CT molecular complexity index is 749. The van der Waals surface area contributed by atoms with Crippen LogP contribution in [0.2, 0.25) is 0 Å². The van der Waals surface area contributed by atoms with Crippen molar-refractivity contribution in [1.29, 1.82) is 5.26 Å². The maximum absolute atomic E-state index is 10.9. The minimum absolute atomic E-state index is 0.141. The van der Waals surface area contributed by atoms with Crippen LogP contribution in [0.25, 0.3) is 0 Å². The maximum atomic E-state index is 10.9. The Kier molecular flexibility index (Phi) is 4.06. The first-order valence-corrected chi connectivity index (χ1v) is 7.29. The third-order valence-electron chi connectivity index (χ3n) is 3.89. The molecule has 0 radical (unpaired) electrons. The number of para-hydroxylation sites is 1. The number of nitro groups is 1. The fraction of sp³-hybridized carbons (Fsp3) is 0.250. The average Bonchev–Trinajstić information content (AvgIpc) is 2.62. The van der Waals surface area contributed by atoms with Crippen LogP contribution in [0.5, 0.6) is 0 Å². The molecule has 0 atom stereocenters. The third-order valence-corrected chi connectivity index (χ3v) is 3.89. The van der Waals surface area contributed by atoms with Crippen molar-refractivity contribution >= 4 is 17.2 Å². The third kappa shape index (κ3) is 3.06. The number of nitrogens with zero attached hydrogens (tertiary/aromatic N) is 5. The molecular weight excluding hydrogens is 294 g/mol. The molecule has 1 aliphatic heterocycles. The molecule has 2 aromatic rings. The summed E-state index contributed by atoms with van der Waals surface area (Å²) in [7, 11) is 0. The van der Waals surface area contributed by atoms with Gasteiger partial charge in [0.15, 0.2) is 0 Å². The van der Waals surface area contributed by atoms with Crippen molar-refractivity contribution in [3.8, 4) is 6.07 Å². The lowest BCUT2D eigenvalue weighted by atomic mass is 10.2. The molecule has 1 aromatic heterocycles. The Morgan fingerprint density at radius 3 is 2.30 bits per heavy atom. The summed E-state index contributed by atoms with van der Waals surface area (Å²) in [6.45, 7) is 3.18. The molecule has 1 aliphatic rings. The van der Waals surface area contributed by atoms with Crippen molar-refractivity contribution in [1.82, 2.24) is 4.98 Å². The number of benzene rings is 1. The predicted molar refractivity (Wildman–Crippen MR) is 86.5 cm³/mol. The highest BCUT2D eigenvalue weighted by Crippen LogP contribution is 2.23. The fourth-order valence-corrected chi connectivity index (χ4v) is 2.68. The van der Waals surface area contributed by atoms with Gasteiger partial charge in [-0.2, -0.15) is 5.26 Å². The van der Waals surface area contributed by atoms with Gasteiger partial charge in [-0.3, -0.25) is 10.1 Å². The molecule has 0 N–H and O–H groups in total. The van der Waals surface area contributed by atoms with Crippen molar-refractivity contribution in [3.63, 3.8) is 0 Å². The van der Waals surface area contributed by atoms with E-state index in [1.807, 2.05) is 23.1 Å². The number of piperazine rings is 1. The standard InChI is InChI=1S/C16H15N5O2/c17-12-14-15(21(22)23)6-7-16(18-14)20-10-8-19(9-11-20)13-4-2-1-3-5-13/h1-7H,8-11H2.